The van der Waals surface area contributed by atoms with Crippen LogP contribution in [-0.2, 0) is 4.74 Å². The minimum Gasteiger partial charge on any atom is -0.373 e. The number of ether oxygens (including phenoxy) is 1. The molecule has 2 rings (SSSR count). The van der Waals surface area contributed by atoms with Gasteiger partial charge in [-0.05, 0) is 50.4 Å². The molecule has 1 saturated heterocycles. The monoisotopic (exact) mass is 269 g/mol. The zero-order valence-electron chi connectivity index (χ0n) is 11.5. The number of hydrogen-bond donors (Lipinski definition) is 1. The zero-order valence-corrected chi connectivity index (χ0v) is 11.5. The molecular formula is C15H21F2NO. The van der Waals surface area contributed by atoms with Crippen LogP contribution in [0.25, 0.3) is 0 Å². The van der Waals surface area contributed by atoms with Crippen LogP contribution in [0, 0.1) is 11.6 Å². The first-order chi connectivity index (χ1) is 9.11. The van der Waals surface area contributed by atoms with Crippen molar-refractivity contribution in [3.63, 3.8) is 0 Å². The first kappa shape index (κ1) is 14.4. The number of halogens is 2. The second-order valence-electron chi connectivity index (χ2n) is 5.17. The Morgan fingerprint density at radius 2 is 2.11 bits per heavy atom. The van der Waals surface area contributed by atoms with Gasteiger partial charge in [0, 0.05) is 0 Å². The lowest BCUT2D eigenvalue weighted by Gasteiger charge is -2.25. The molecule has 1 fully saturated rings. The second kappa shape index (κ2) is 6.44. The summed E-state index contributed by atoms with van der Waals surface area (Å²) in [7, 11) is 0. The normalized spacial score (nSPS) is 24.6. The van der Waals surface area contributed by atoms with Crippen LogP contribution in [-0.4, -0.2) is 18.8 Å². The van der Waals surface area contributed by atoms with Crippen molar-refractivity contribution in [2.24, 2.45) is 0 Å². The average molecular weight is 269 g/mol. The molecule has 4 heteroatoms. The van der Waals surface area contributed by atoms with Gasteiger partial charge in [0.2, 0.25) is 0 Å². The summed E-state index contributed by atoms with van der Waals surface area (Å²) in [6.45, 7) is 4.95. The molecule has 1 aromatic rings. The van der Waals surface area contributed by atoms with Crippen molar-refractivity contribution >= 4 is 0 Å². The molecule has 0 spiro atoms. The van der Waals surface area contributed by atoms with E-state index in [9.17, 15) is 8.78 Å². The van der Waals surface area contributed by atoms with Crippen molar-refractivity contribution in [2.45, 2.75) is 51.4 Å². The van der Waals surface area contributed by atoms with E-state index in [4.69, 9.17) is 4.74 Å². The maximum Gasteiger partial charge on any atom is 0.159 e. The van der Waals surface area contributed by atoms with Crippen molar-refractivity contribution in [2.75, 3.05) is 6.54 Å². The van der Waals surface area contributed by atoms with Crippen LogP contribution in [0.2, 0.25) is 0 Å². The molecule has 1 N–H and O–H groups in total. The molecule has 0 amide bonds. The molecule has 0 aromatic heterocycles. The molecule has 3 unspecified atom stereocenters. The highest BCUT2D eigenvalue weighted by Crippen LogP contribution is 2.30. The van der Waals surface area contributed by atoms with Gasteiger partial charge in [-0.1, -0.05) is 13.0 Å². The summed E-state index contributed by atoms with van der Waals surface area (Å²) in [5.41, 5.74) is 0.756. The van der Waals surface area contributed by atoms with Crippen molar-refractivity contribution in [3.05, 3.63) is 35.4 Å². The summed E-state index contributed by atoms with van der Waals surface area (Å²) >= 11 is 0. The lowest BCUT2D eigenvalue weighted by atomic mass is 9.98. The predicted molar refractivity (Wildman–Crippen MR) is 71.0 cm³/mol. The van der Waals surface area contributed by atoms with Gasteiger partial charge in [0.25, 0.3) is 0 Å². The number of hydrogen-bond acceptors (Lipinski definition) is 2. The minimum atomic E-state index is -0.807. The standard InChI is InChI=1S/C15H21F2NO/c1-3-8-18-15(14-7-4-10(2)19-14)11-5-6-12(16)13(17)9-11/h5-6,9-10,14-15,18H,3-4,7-8H2,1-2H3. The molecule has 19 heavy (non-hydrogen) atoms. The van der Waals surface area contributed by atoms with E-state index in [0.717, 1.165) is 31.4 Å². The molecule has 1 heterocycles. The van der Waals surface area contributed by atoms with Crippen molar-refractivity contribution in [1.82, 2.24) is 5.32 Å². The van der Waals surface area contributed by atoms with Crippen LogP contribution < -0.4 is 5.32 Å². The minimum absolute atomic E-state index is 0.0337. The van der Waals surface area contributed by atoms with Crippen molar-refractivity contribution in [1.29, 1.82) is 0 Å². The fraction of sp³-hybridized carbons (Fsp3) is 0.600. The molecule has 3 atom stereocenters. The lowest BCUT2D eigenvalue weighted by molar-refractivity contribution is 0.0315. The summed E-state index contributed by atoms with van der Waals surface area (Å²) in [6, 6.07) is 4.02. The van der Waals surface area contributed by atoms with E-state index in [-0.39, 0.29) is 18.2 Å². The van der Waals surface area contributed by atoms with Gasteiger partial charge < -0.3 is 10.1 Å². The summed E-state index contributed by atoms with van der Waals surface area (Å²) in [4.78, 5) is 0. The van der Waals surface area contributed by atoms with E-state index in [2.05, 4.69) is 12.2 Å². The van der Waals surface area contributed by atoms with E-state index in [0.29, 0.717) is 0 Å². The third-order valence-corrected chi connectivity index (χ3v) is 3.55. The SMILES string of the molecule is CCCNC(c1ccc(F)c(F)c1)C1CCC(C)O1. The van der Waals surface area contributed by atoms with Crippen molar-refractivity contribution in [3.8, 4) is 0 Å². The van der Waals surface area contributed by atoms with Gasteiger partial charge in [-0.2, -0.15) is 0 Å². The van der Waals surface area contributed by atoms with E-state index in [1.165, 1.54) is 12.1 Å². The van der Waals surface area contributed by atoms with Gasteiger partial charge >= 0.3 is 0 Å². The molecule has 0 bridgehead atoms. The topological polar surface area (TPSA) is 21.3 Å². The van der Waals surface area contributed by atoms with E-state index < -0.39 is 11.6 Å². The summed E-state index contributed by atoms with van der Waals surface area (Å²) < 4.78 is 32.3. The largest absolute Gasteiger partial charge is 0.373 e. The van der Waals surface area contributed by atoms with Crippen LogP contribution in [0.5, 0.6) is 0 Å². The van der Waals surface area contributed by atoms with Crippen LogP contribution in [0.3, 0.4) is 0 Å². The highest BCUT2D eigenvalue weighted by molar-refractivity contribution is 5.22. The quantitative estimate of drug-likeness (QED) is 0.882. The molecule has 1 aliphatic rings. The lowest BCUT2D eigenvalue weighted by Crippen LogP contribution is -2.32. The third-order valence-electron chi connectivity index (χ3n) is 3.55. The molecule has 1 aliphatic heterocycles. The second-order valence-corrected chi connectivity index (χ2v) is 5.17. The maximum atomic E-state index is 13.4. The highest BCUT2D eigenvalue weighted by atomic mass is 19.2. The van der Waals surface area contributed by atoms with Gasteiger partial charge in [-0.3, -0.25) is 0 Å². The Labute approximate surface area is 113 Å². The molecule has 1 aromatic carbocycles. The summed E-state index contributed by atoms with van der Waals surface area (Å²) in [5.74, 6) is -1.61. The molecule has 0 saturated carbocycles. The summed E-state index contributed by atoms with van der Waals surface area (Å²) in [6.07, 6.45) is 3.22. The van der Waals surface area contributed by atoms with Gasteiger partial charge in [0.15, 0.2) is 11.6 Å². The van der Waals surface area contributed by atoms with Crippen LogP contribution in [0.1, 0.15) is 44.7 Å². The van der Waals surface area contributed by atoms with Crippen LogP contribution in [0.4, 0.5) is 8.78 Å². The van der Waals surface area contributed by atoms with Crippen LogP contribution in [0.15, 0.2) is 18.2 Å². The fourth-order valence-electron chi connectivity index (χ4n) is 2.55. The van der Waals surface area contributed by atoms with Gasteiger partial charge in [-0.25, -0.2) is 8.78 Å². The fourth-order valence-corrected chi connectivity index (χ4v) is 2.55. The van der Waals surface area contributed by atoms with Gasteiger partial charge in [0.1, 0.15) is 0 Å². The first-order valence-electron chi connectivity index (χ1n) is 6.95. The van der Waals surface area contributed by atoms with E-state index in [1.54, 1.807) is 6.07 Å². The first-order valence-corrected chi connectivity index (χ1v) is 6.95. The Morgan fingerprint density at radius 1 is 1.32 bits per heavy atom. The Kier molecular flexibility index (Phi) is 4.88. The summed E-state index contributed by atoms with van der Waals surface area (Å²) in [5, 5.41) is 3.38. The molecular weight excluding hydrogens is 248 g/mol. The predicted octanol–water partition coefficient (Wildman–Crippen LogP) is 3.57. The van der Waals surface area contributed by atoms with E-state index >= 15 is 0 Å². The smallest absolute Gasteiger partial charge is 0.159 e. The Bertz CT molecular complexity index is 425. The zero-order chi connectivity index (χ0) is 13.8. The van der Waals surface area contributed by atoms with E-state index in [1.807, 2.05) is 6.92 Å². The Morgan fingerprint density at radius 3 is 2.68 bits per heavy atom. The average Bonchev–Trinajstić information content (AvgIpc) is 2.80. The third kappa shape index (κ3) is 3.51. The van der Waals surface area contributed by atoms with Gasteiger partial charge in [-0.15, -0.1) is 0 Å². The Balaban J connectivity index is 2.18. The number of nitrogens with one attached hydrogen (secondary N) is 1. The maximum absolute atomic E-state index is 13.4. The van der Waals surface area contributed by atoms with Crippen molar-refractivity contribution < 1.29 is 13.5 Å². The van der Waals surface area contributed by atoms with Gasteiger partial charge in [0.05, 0.1) is 18.2 Å². The Hall–Kier alpha value is -1.00. The molecule has 0 radical (unpaired) electrons. The van der Waals surface area contributed by atoms with Crippen LogP contribution >= 0.6 is 0 Å². The highest BCUT2D eigenvalue weighted by Gasteiger charge is 2.30. The molecule has 0 aliphatic carbocycles. The number of rotatable bonds is 5. The molecule has 2 nitrogen and oxygen atoms in total. The molecule has 106 valence electrons. The number of benzene rings is 1.